The molecule has 0 N–H and O–H groups in total. The second-order valence-electron chi connectivity index (χ2n) is 16.3. The molecule has 1 aliphatic carbocycles. The monoisotopic (exact) mass is 807 g/mol. The van der Waals surface area contributed by atoms with E-state index in [2.05, 4.69) is 229 Å². The Bertz CT molecular complexity index is 3670. The van der Waals surface area contributed by atoms with Crippen LogP contribution >= 0.6 is 11.3 Å². The summed E-state index contributed by atoms with van der Waals surface area (Å²) in [6.07, 6.45) is 0. The van der Waals surface area contributed by atoms with E-state index in [4.69, 9.17) is 4.42 Å². The van der Waals surface area contributed by atoms with Gasteiger partial charge in [-0.2, -0.15) is 0 Å². The summed E-state index contributed by atoms with van der Waals surface area (Å²) >= 11 is 1.89. The minimum atomic E-state index is -0.534. The van der Waals surface area contributed by atoms with Crippen molar-refractivity contribution in [2.45, 2.75) is 5.41 Å². The largest absolute Gasteiger partial charge is 0.456 e. The van der Waals surface area contributed by atoms with E-state index in [9.17, 15) is 0 Å². The first kappa shape index (κ1) is 35.1. The van der Waals surface area contributed by atoms with Crippen LogP contribution in [-0.2, 0) is 5.41 Å². The molecule has 62 heavy (non-hydrogen) atoms. The highest BCUT2D eigenvalue weighted by Gasteiger charge is 2.47. The molecule has 0 bridgehead atoms. The maximum Gasteiger partial charge on any atom is 0.137 e. The van der Waals surface area contributed by atoms with Crippen LogP contribution in [0.15, 0.2) is 229 Å². The molecule has 0 spiro atoms. The van der Waals surface area contributed by atoms with E-state index in [-0.39, 0.29) is 0 Å². The fourth-order valence-corrected chi connectivity index (χ4v) is 11.9. The van der Waals surface area contributed by atoms with E-state index < -0.39 is 5.41 Å². The summed E-state index contributed by atoms with van der Waals surface area (Å²) in [5.41, 5.74) is 14.5. The molecule has 10 aromatic carbocycles. The Kier molecular flexibility index (Phi) is 7.72. The van der Waals surface area contributed by atoms with Gasteiger partial charge in [-0.25, -0.2) is 0 Å². The van der Waals surface area contributed by atoms with Crippen molar-refractivity contribution in [3.8, 4) is 22.3 Å². The van der Waals surface area contributed by atoms with Crippen molar-refractivity contribution >= 4 is 81.3 Å². The highest BCUT2D eigenvalue weighted by Crippen LogP contribution is 2.59. The third-order valence-corrected chi connectivity index (χ3v) is 14.4. The van der Waals surface area contributed by atoms with Gasteiger partial charge in [0, 0.05) is 26.5 Å². The zero-order chi connectivity index (χ0) is 40.8. The van der Waals surface area contributed by atoms with E-state index in [0.717, 1.165) is 44.6 Å². The third kappa shape index (κ3) is 4.97. The lowest BCUT2D eigenvalue weighted by atomic mass is 9.66. The summed E-state index contributed by atoms with van der Waals surface area (Å²) < 4.78 is 9.11. The van der Waals surface area contributed by atoms with Crippen molar-refractivity contribution in [2.24, 2.45) is 0 Å². The molecule has 2 aromatic heterocycles. The van der Waals surface area contributed by atoms with Gasteiger partial charge >= 0.3 is 0 Å². The van der Waals surface area contributed by atoms with E-state index in [1.165, 1.54) is 69.9 Å². The van der Waals surface area contributed by atoms with Gasteiger partial charge in [0.15, 0.2) is 0 Å². The number of nitrogens with zero attached hydrogens (tertiary/aromatic N) is 1. The Hall–Kier alpha value is -7.72. The molecular formula is C59H37NOS. The number of benzene rings is 10. The van der Waals surface area contributed by atoms with Crippen molar-refractivity contribution in [1.29, 1.82) is 0 Å². The van der Waals surface area contributed by atoms with Crippen LogP contribution in [0.25, 0.3) is 75.1 Å². The second-order valence-corrected chi connectivity index (χ2v) is 17.3. The first-order valence-electron chi connectivity index (χ1n) is 21.3. The van der Waals surface area contributed by atoms with Gasteiger partial charge in [-0.3, -0.25) is 0 Å². The Morgan fingerprint density at radius 3 is 1.87 bits per heavy atom. The van der Waals surface area contributed by atoms with Crippen molar-refractivity contribution < 1.29 is 4.42 Å². The van der Waals surface area contributed by atoms with E-state index in [0.29, 0.717) is 0 Å². The molecule has 0 saturated carbocycles. The minimum Gasteiger partial charge on any atom is -0.456 e. The van der Waals surface area contributed by atoms with E-state index in [1.807, 2.05) is 11.3 Å². The summed E-state index contributed by atoms with van der Waals surface area (Å²) in [6, 6.07) is 82.3. The Balaban J connectivity index is 1.10. The minimum absolute atomic E-state index is 0.534. The summed E-state index contributed by atoms with van der Waals surface area (Å²) in [6.45, 7) is 0. The lowest BCUT2D eigenvalue weighted by Gasteiger charge is -2.35. The molecule has 2 nitrogen and oxygen atoms in total. The first-order chi connectivity index (χ1) is 30.8. The second kappa shape index (κ2) is 13.7. The van der Waals surface area contributed by atoms with Gasteiger partial charge in [0.25, 0.3) is 0 Å². The number of rotatable bonds is 6. The fourth-order valence-electron chi connectivity index (χ4n) is 10.6. The molecule has 3 heteroatoms. The Labute approximate surface area is 363 Å². The van der Waals surface area contributed by atoms with Gasteiger partial charge in [0.05, 0.1) is 26.9 Å². The number of furan rings is 1. The number of fused-ring (bicyclic) bond motifs is 11. The molecule has 0 radical (unpaired) electrons. The average molecular weight is 808 g/mol. The summed E-state index contributed by atoms with van der Waals surface area (Å²) in [5.74, 6) is 0. The first-order valence-corrected chi connectivity index (χ1v) is 22.1. The highest BCUT2D eigenvalue weighted by atomic mass is 32.1. The molecule has 0 aliphatic heterocycles. The number of thiophene rings is 1. The maximum absolute atomic E-state index is 6.56. The van der Waals surface area contributed by atoms with E-state index in [1.54, 1.807) is 0 Å². The molecule has 2 heterocycles. The van der Waals surface area contributed by atoms with Crippen LogP contribution in [-0.4, -0.2) is 0 Å². The molecule has 0 atom stereocenters. The lowest BCUT2D eigenvalue weighted by Crippen LogP contribution is -2.29. The van der Waals surface area contributed by atoms with Crippen LogP contribution in [0.4, 0.5) is 17.1 Å². The summed E-state index contributed by atoms with van der Waals surface area (Å²) in [7, 11) is 0. The standard InChI is InChI=1S/C59H37NOS/c1-3-19-40(20-4-1)59(41-21-5-2-6-22-41)50-30-11-9-25-45(50)46-28-14-27-43(56(46)59)39-18-13-23-42(37-39)60(51-31-16-34-54-55(51)49-26-10-12-33-53(49)61-54)52-32-15-29-47-48-36-35-38-17-7-8-24-44(38)57(48)62-58(47)52/h1-37H. The number of hydrogen-bond acceptors (Lipinski definition) is 3. The predicted octanol–water partition coefficient (Wildman–Crippen LogP) is 16.6. The molecule has 1 aliphatic rings. The molecule has 0 fully saturated rings. The summed E-state index contributed by atoms with van der Waals surface area (Å²) in [4.78, 5) is 2.48. The van der Waals surface area contributed by atoms with Crippen LogP contribution in [0.3, 0.4) is 0 Å². The molecule has 0 amide bonds. The van der Waals surface area contributed by atoms with Gasteiger partial charge in [-0.15, -0.1) is 11.3 Å². The van der Waals surface area contributed by atoms with Gasteiger partial charge in [0.1, 0.15) is 11.2 Å². The number of para-hydroxylation sites is 1. The molecule has 12 aromatic rings. The van der Waals surface area contributed by atoms with Crippen molar-refractivity contribution in [3.05, 3.63) is 247 Å². The van der Waals surface area contributed by atoms with Gasteiger partial charge in [-0.1, -0.05) is 188 Å². The van der Waals surface area contributed by atoms with Crippen molar-refractivity contribution in [2.75, 3.05) is 4.90 Å². The third-order valence-electron chi connectivity index (χ3n) is 13.1. The van der Waals surface area contributed by atoms with Gasteiger partial charge in [-0.05, 0) is 91.7 Å². The number of anilines is 3. The van der Waals surface area contributed by atoms with Crippen LogP contribution in [0.1, 0.15) is 22.3 Å². The normalized spacial score (nSPS) is 13.0. The topological polar surface area (TPSA) is 16.4 Å². The van der Waals surface area contributed by atoms with E-state index >= 15 is 0 Å². The van der Waals surface area contributed by atoms with Crippen LogP contribution in [0.2, 0.25) is 0 Å². The summed E-state index contributed by atoms with van der Waals surface area (Å²) in [5, 5.41) is 7.28. The lowest BCUT2D eigenvalue weighted by molar-refractivity contribution is 0.669. The molecule has 290 valence electrons. The predicted molar refractivity (Wildman–Crippen MR) is 262 cm³/mol. The fraction of sp³-hybridized carbons (Fsp3) is 0.0169. The number of hydrogen-bond donors (Lipinski definition) is 0. The highest BCUT2D eigenvalue weighted by molar-refractivity contribution is 7.27. The molecule has 13 rings (SSSR count). The molecular weight excluding hydrogens is 771 g/mol. The quantitative estimate of drug-likeness (QED) is 0.166. The average Bonchev–Trinajstić information content (AvgIpc) is 4.02. The van der Waals surface area contributed by atoms with Crippen LogP contribution < -0.4 is 4.90 Å². The Morgan fingerprint density at radius 2 is 1.02 bits per heavy atom. The van der Waals surface area contributed by atoms with Crippen molar-refractivity contribution in [3.63, 3.8) is 0 Å². The van der Waals surface area contributed by atoms with Crippen LogP contribution in [0.5, 0.6) is 0 Å². The van der Waals surface area contributed by atoms with Crippen LogP contribution in [0, 0.1) is 0 Å². The molecule has 0 unspecified atom stereocenters. The zero-order valence-corrected chi connectivity index (χ0v) is 34.4. The van der Waals surface area contributed by atoms with Gasteiger partial charge in [0.2, 0.25) is 0 Å². The Morgan fingerprint density at radius 1 is 0.403 bits per heavy atom. The van der Waals surface area contributed by atoms with Crippen molar-refractivity contribution in [1.82, 2.24) is 0 Å². The zero-order valence-electron chi connectivity index (χ0n) is 33.6. The smallest absolute Gasteiger partial charge is 0.137 e. The van der Waals surface area contributed by atoms with Gasteiger partial charge < -0.3 is 9.32 Å². The SMILES string of the molecule is c1ccc(C2(c3ccccc3)c3ccccc3-c3cccc(-c4cccc(N(c5cccc6c5sc5c7ccccc7ccc65)c5cccc6oc7ccccc7c56)c4)c32)cc1. The molecule has 0 saturated heterocycles. The maximum atomic E-state index is 6.56.